The molecule has 0 bridgehead atoms. The van der Waals surface area contributed by atoms with Gasteiger partial charge in [0, 0.05) is 12.1 Å². The summed E-state index contributed by atoms with van der Waals surface area (Å²) in [6.07, 6.45) is 6.25. The van der Waals surface area contributed by atoms with Crippen molar-refractivity contribution >= 4 is 12.8 Å². The first-order chi connectivity index (χ1) is 4.84. The Hall–Kier alpha value is 0.270. The van der Waals surface area contributed by atoms with E-state index in [-0.39, 0.29) is 0 Å². The maximum absolute atomic E-state index is 5.88. The highest BCUT2D eigenvalue weighted by Crippen LogP contribution is 2.16. The molecule has 10 heavy (non-hydrogen) atoms. The van der Waals surface area contributed by atoms with Crippen molar-refractivity contribution < 1.29 is 0 Å². The zero-order valence-electron chi connectivity index (χ0n) is 6.21. The zero-order chi connectivity index (χ0) is 7.40. The molecule has 1 saturated carbocycles. The lowest BCUT2D eigenvalue weighted by Crippen LogP contribution is -2.40. The van der Waals surface area contributed by atoms with Gasteiger partial charge in [0.2, 0.25) is 0 Å². The van der Waals surface area contributed by atoms with Crippen LogP contribution in [0.25, 0.3) is 0 Å². The SMILES string of the molecule is N[C@H]1CCCCCC1NS. The molecular weight excluding hydrogens is 144 g/mol. The molecular formula is C7H16N2S. The topological polar surface area (TPSA) is 38.0 Å². The highest BCUT2D eigenvalue weighted by molar-refractivity contribution is 7.78. The van der Waals surface area contributed by atoms with Crippen molar-refractivity contribution in [2.45, 2.75) is 44.2 Å². The fraction of sp³-hybridized carbons (Fsp3) is 1.00. The van der Waals surface area contributed by atoms with Crippen LogP contribution in [-0.4, -0.2) is 12.1 Å². The molecule has 2 atom stereocenters. The third-order valence-corrected chi connectivity index (χ3v) is 2.57. The second-order valence-electron chi connectivity index (χ2n) is 3.04. The molecule has 1 aliphatic carbocycles. The van der Waals surface area contributed by atoms with Crippen LogP contribution >= 0.6 is 12.8 Å². The van der Waals surface area contributed by atoms with E-state index in [2.05, 4.69) is 17.5 Å². The van der Waals surface area contributed by atoms with Crippen LogP contribution in [0, 0.1) is 0 Å². The highest BCUT2D eigenvalue weighted by atomic mass is 32.1. The van der Waals surface area contributed by atoms with Crippen molar-refractivity contribution in [2.75, 3.05) is 0 Å². The van der Waals surface area contributed by atoms with E-state index in [4.69, 9.17) is 5.73 Å². The maximum atomic E-state index is 5.88. The van der Waals surface area contributed by atoms with Gasteiger partial charge in [-0.2, -0.15) is 0 Å². The Kier molecular flexibility index (Phi) is 3.52. The summed E-state index contributed by atoms with van der Waals surface area (Å²) in [6, 6.07) is 0.755. The molecule has 3 N–H and O–H groups in total. The average Bonchev–Trinajstić information content (AvgIpc) is 2.13. The van der Waals surface area contributed by atoms with E-state index in [1.165, 1.54) is 25.7 Å². The third-order valence-electron chi connectivity index (χ3n) is 2.24. The van der Waals surface area contributed by atoms with Gasteiger partial charge in [-0.3, -0.25) is 4.72 Å². The van der Waals surface area contributed by atoms with Crippen LogP contribution in [0.3, 0.4) is 0 Å². The van der Waals surface area contributed by atoms with Crippen LogP contribution in [0.5, 0.6) is 0 Å². The Labute approximate surface area is 68.1 Å². The minimum atomic E-state index is 0.319. The zero-order valence-corrected chi connectivity index (χ0v) is 7.11. The summed E-state index contributed by atoms with van der Waals surface area (Å²) >= 11 is 4.04. The van der Waals surface area contributed by atoms with Gasteiger partial charge in [0.25, 0.3) is 0 Å². The minimum absolute atomic E-state index is 0.319. The number of thiol groups is 1. The molecule has 2 nitrogen and oxygen atoms in total. The van der Waals surface area contributed by atoms with Crippen LogP contribution in [0.1, 0.15) is 32.1 Å². The quantitative estimate of drug-likeness (QED) is 0.397. The molecule has 0 amide bonds. The Morgan fingerprint density at radius 1 is 1.20 bits per heavy atom. The summed E-state index contributed by atoms with van der Waals surface area (Å²) in [5, 5.41) is 0. The van der Waals surface area contributed by atoms with E-state index in [1.54, 1.807) is 0 Å². The van der Waals surface area contributed by atoms with Crippen molar-refractivity contribution in [2.24, 2.45) is 5.73 Å². The third kappa shape index (κ3) is 2.15. The van der Waals surface area contributed by atoms with Crippen LogP contribution in [0.2, 0.25) is 0 Å². The Morgan fingerprint density at radius 2 is 1.90 bits per heavy atom. The summed E-state index contributed by atoms with van der Waals surface area (Å²) < 4.78 is 2.96. The van der Waals surface area contributed by atoms with Crippen molar-refractivity contribution in [1.29, 1.82) is 0 Å². The maximum Gasteiger partial charge on any atom is 0.0320 e. The van der Waals surface area contributed by atoms with E-state index < -0.39 is 0 Å². The molecule has 60 valence electrons. The second kappa shape index (κ2) is 4.21. The van der Waals surface area contributed by atoms with Gasteiger partial charge in [0.05, 0.1) is 0 Å². The first kappa shape index (κ1) is 8.37. The first-order valence-corrected chi connectivity index (χ1v) is 4.44. The van der Waals surface area contributed by atoms with Gasteiger partial charge in [0.15, 0.2) is 0 Å². The Morgan fingerprint density at radius 3 is 2.60 bits per heavy atom. The van der Waals surface area contributed by atoms with Gasteiger partial charge >= 0.3 is 0 Å². The Bertz CT molecular complexity index is 97.6. The number of rotatable bonds is 1. The summed E-state index contributed by atoms with van der Waals surface area (Å²) in [5.74, 6) is 0. The summed E-state index contributed by atoms with van der Waals surface area (Å²) in [7, 11) is 0. The molecule has 1 fully saturated rings. The van der Waals surface area contributed by atoms with Crippen LogP contribution in [-0.2, 0) is 0 Å². The van der Waals surface area contributed by atoms with Crippen molar-refractivity contribution in [3.05, 3.63) is 0 Å². The smallest absolute Gasteiger partial charge is 0.0320 e. The number of hydrogen-bond donors (Lipinski definition) is 3. The normalized spacial score (nSPS) is 35.4. The van der Waals surface area contributed by atoms with Gasteiger partial charge in [-0.05, 0) is 12.8 Å². The summed E-state index contributed by atoms with van der Waals surface area (Å²) in [5.41, 5.74) is 5.88. The lowest BCUT2D eigenvalue weighted by atomic mass is 10.1. The van der Waals surface area contributed by atoms with E-state index >= 15 is 0 Å². The van der Waals surface area contributed by atoms with E-state index in [1.807, 2.05) is 0 Å². The lowest BCUT2D eigenvalue weighted by molar-refractivity contribution is 0.478. The monoisotopic (exact) mass is 160 g/mol. The molecule has 3 heteroatoms. The molecule has 0 saturated heterocycles. The van der Waals surface area contributed by atoms with Gasteiger partial charge < -0.3 is 5.73 Å². The lowest BCUT2D eigenvalue weighted by Gasteiger charge is -2.18. The number of nitrogens with one attached hydrogen (secondary N) is 1. The van der Waals surface area contributed by atoms with Gasteiger partial charge in [-0.15, -0.1) is 0 Å². The molecule has 0 radical (unpaired) electrons. The van der Waals surface area contributed by atoms with E-state index in [0.29, 0.717) is 12.1 Å². The van der Waals surface area contributed by atoms with Gasteiger partial charge in [0.1, 0.15) is 0 Å². The van der Waals surface area contributed by atoms with Crippen molar-refractivity contribution in [3.63, 3.8) is 0 Å². The fourth-order valence-corrected chi connectivity index (χ4v) is 1.82. The van der Waals surface area contributed by atoms with Crippen molar-refractivity contribution in [1.82, 2.24) is 4.72 Å². The molecule has 0 heterocycles. The van der Waals surface area contributed by atoms with Crippen LogP contribution < -0.4 is 10.5 Å². The average molecular weight is 160 g/mol. The predicted molar refractivity (Wildman–Crippen MR) is 47.0 cm³/mol. The van der Waals surface area contributed by atoms with Gasteiger partial charge in [-0.1, -0.05) is 32.1 Å². The predicted octanol–water partition coefficient (Wildman–Crippen LogP) is 1.08. The van der Waals surface area contributed by atoms with E-state index in [0.717, 1.165) is 6.42 Å². The molecule has 1 rings (SSSR count). The summed E-state index contributed by atoms with van der Waals surface area (Å²) in [6.45, 7) is 0. The van der Waals surface area contributed by atoms with Crippen LogP contribution in [0.4, 0.5) is 0 Å². The summed E-state index contributed by atoms with van der Waals surface area (Å²) in [4.78, 5) is 0. The van der Waals surface area contributed by atoms with Crippen molar-refractivity contribution in [3.8, 4) is 0 Å². The molecule has 1 unspecified atom stereocenters. The molecule has 0 aromatic heterocycles. The van der Waals surface area contributed by atoms with Crippen LogP contribution in [0.15, 0.2) is 0 Å². The highest BCUT2D eigenvalue weighted by Gasteiger charge is 2.17. The van der Waals surface area contributed by atoms with Gasteiger partial charge in [-0.25, -0.2) is 0 Å². The second-order valence-corrected chi connectivity index (χ2v) is 3.30. The minimum Gasteiger partial charge on any atom is -0.326 e. The molecule has 0 aromatic carbocycles. The largest absolute Gasteiger partial charge is 0.326 e. The molecule has 0 aliphatic heterocycles. The fourth-order valence-electron chi connectivity index (χ4n) is 1.50. The Balaban J connectivity index is 2.35. The van der Waals surface area contributed by atoms with E-state index in [9.17, 15) is 0 Å². The number of hydrogen-bond acceptors (Lipinski definition) is 3. The molecule has 1 aliphatic rings. The standard InChI is InChI=1S/C7H16N2S/c8-6-4-2-1-3-5-7(6)9-10/h6-7,9-10H,1-5,8H2/t6-,7?/m0/s1. The molecule has 0 spiro atoms. The first-order valence-electron chi connectivity index (χ1n) is 4.00. The molecule has 0 aromatic rings. The number of nitrogens with two attached hydrogens (primary N) is 1.